The predicted octanol–water partition coefficient (Wildman–Crippen LogP) is 4.21. The average Bonchev–Trinajstić information content (AvgIpc) is 2.75. The van der Waals surface area contributed by atoms with Gasteiger partial charge in [0.1, 0.15) is 11.6 Å². The number of rotatable bonds is 8. The van der Waals surface area contributed by atoms with Gasteiger partial charge in [-0.3, -0.25) is 4.79 Å². The Kier molecular flexibility index (Phi) is 10.3. The van der Waals surface area contributed by atoms with E-state index in [1.807, 2.05) is 31.3 Å². The van der Waals surface area contributed by atoms with Gasteiger partial charge in [-0.25, -0.2) is 9.78 Å². The minimum Gasteiger partial charge on any atom is -0.496 e. The summed E-state index contributed by atoms with van der Waals surface area (Å²) in [5.74, 6) is -1.23. The van der Waals surface area contributed by atoms with Crippen molar-refractivity contribution < 1.29 is 32.6 Å². The predicted molar refractivity (Wildman–Crippen MR) is 110 cm³/mol. The maximum Gasteiger partial charge on any atom is 0.490 e. The van der Waals surface area contributed by atoms with Crippen molar-refractivity contribution in [3.63, 3.8) is 0 Å². The van der Waals surface area contributed by atoms with Crippen LogP contribution in [0.25, 0.3) is 0 Å². The lowest BCUT2D eigenvalue weighted by Gasteiger charge is -2.17. The number of alkyl halides is 3. The van der Waals surface area contributed by atoms with Gasteiger partial charge in [-0.15, -0.1) is 0 Å². The zero-order valence-corrected chi connectivity index (χ0v) is 17.6. The van der Waals surface area contributed by atoms with Crippen LogP contribution in [0.4, 0.5) is 19.0 Å². The molecule has 2 aromatic rings. The zero-order valence-electron chi connectivity index (χ0n) is 17.6. The number of carbonyl (C=O) groups is 2. The SMILES string of the molecule is CCCCN(C)C(=O)c1ccnc(NCc2ccccc2OC)c1.O=C(O)C(F)(F)F. The minimum absolute atomic E-state index is 0.0196. The van der Waals surface area contributed by atoms with Gasteiger partial charge in [0.25, 0.3) is 5.91 Å². The van der Waals surface area contributed by atoms with E-state index in [4.69, 9.17) is 14.6 Å². The Morgan fingerprint density at radius 2 is 1.87 bits per heavy atom. The molecule has 0 atom stereocenters. The Balaban J connectivity index is 0.000000592. The van der Waals surface area contributed by atoms with Crippen LogP contribution in [0.2, 0.25) is 0 Å². The number of amides is 1. The van der Waals surface area contributed by atoms with Crippen molar-refractivity contribution in [1.82, 2.24) is 9.88 Å². The molecule has 1 aromatic carbocycles. The minimum atomic E-state index is -5.08. The summed E-state index contributed by atoms with van der Waals surface area (Å²) in [5.41, 5.74) is 1.68. The molecule has 170 valence electrons. The van der Waals surface area contributed by atoms with Gasteiger partial charge in [-0.2, -0.15) is 13.2 Å². The molecule has 0 aliphatic carbocycles. The third-order valence-corrected chi connectivity index (χ3v) is 4.10. The van der Waals surface area contributed by atoms with Crippen molar-refractivity contribution in [1.29, 1.82) is 0 Å². The molecular formula is C21H26F3N3O4. The zero-order chi connectivity index (χ0) is 23.4. The summed E-state index contributed by atoms with van der Waals surface area (Å²) in [6, 6.07) is 11.4. The number of unbranched alkanes of at least 4 members (excludes halogenated alkanes) is 1. The maximum atomic E-state index is 12.4. The third-order valence-electron chi connectivity index (χ3n) is 4.10. The number of carboxylic acids is 1. The van der Waals surface area contributed by atoms with Crippen LogP contribution in [0.3, 0.4) is 0 Å². The molecule has 31 heavy (non-hydrogen) atoms. The molecule has 0 fully saturated rings. The number of methoxy groups -OCH3 is 1. The maximum absolute atomic E-state index is 12.4. The monoisotopic (exact) mass is 441 g/mol. The summed E-state index contributed by atoms with van der Waals surface area (Å²) in [4.78, 5) is 27.4. The number of hydrogen-bond donors (Lipinski definition) is 2. The highest BCUT2D eigenvalue weighted by molar-refractivity contribution is 5.94. The smallest absolute Gasteiger partial charge is 0.490 e. The summed E-state index contributed by atoms with van der Waals surface area (Å²) in [5, 5.41) is 10.4. The highest BCUT2D eigenvalue weighted by atomic mass is 19.4. The first-order chi connectivity index (χ1) is 14.6. The average molecular weight is 441 g/mol. The van der Waals surface area contributed by atoms with E-state index in [1.54, 1.807) is 30.3 Å². The topological polar surface area (TPSA) is 91.8 Å². The molecular weight excluding hydrogens is 415 g/mol. The van der Waals surface area contributed by atoms with Crippen LogP contribution in [-0.4, -0.2) is 53.7 Å². The van der Waals surface area contributed by atoms with Gasteiger partial charge in [0.05, 0.1) is 7.11 Å². The van der Waals surface area contributed by atoms with E-state index < -0.39 is 12.1 Å². The number of carboxylic acid groups (broad SMARTS) is 1. The molecule has 0 saturated heterocycles. The van der Waals surface area contributed by atoms with Crippen LogP contribution in [0.15, 0.2) is 42.6 Å². The number of para-hydroxylation sites is 1. The fourth-order valence-corrected chi connectivity index (χ4v) is 2.41. The Bertz CT molecular complexity index is 860. The number of ether oxygens (including phenoxy) is 1. The summed E-state index contributed by atoms with van der Waals surface area (Å²) in [6.07, 6.45) is -1.35. The molecule has 1 heterocycles. The van der Waals surface area contributed by atoms with Crippen molar-refractivity contribution in [3.8, 4) is 5.75 Å². The number of halogens is 3. The second-order valence-electron chi connectivity index (χ2n) is 6.48. The van der Waals surface area contributed by atoms with Crippen LogP contribution in [0, 0.1) is 0 Å². The fraction of sp³-hybridized carbons (Fsp3) is 0.381. The summed E-state index contributed by atoms with van der Waals surface area (Å²) in [6.45, 7) is 3.46. The van der Waals surface area contributed by atoms with Crippen LogP contribution in [0.1, 0.15) is 35.7 Å². The number of anilines is 1. The fourth-order valence-electron chi connectivity index (χ4n) is 2.41. The van der Waals surface area contributed by atoms with E-state index >= 15 is 0 Å². The van der Waals surface area contributed by atoms with Crippen molar-refractivity contribution in [2.75, 3.05) is 26.0 Å². The Labute approximate surface area is 178 Å². The van der Waals surface area contributed by atoms with E-state index in [1.165, 1.54) is 0 Å². The first-order valence-electron chi connectivity index (χ1n) is 9.47. The van der Waals surface area contributed by atoms with Gasteiger partial charge in [-0.05, 0) is 24.6 Å². The Morgan fingerprint density at radius 1 is 1.23 bits per heavy atom. The second kappa shape index (κ2) is 12.4. The molecule has 10 heteroatoms. The lowest BCUT2D eigenvalue weighted by Crippen LogP contribution is -2.27. The molecule has 0 bridgehead atoms. The normalized spacial score (nSPS) is 10.5. The number of carbonyl (C=O) groups excluding carboxylic acids is 1. The molecule has 0 aliphatic rings. The van der Waals surface area contributed by atoms with Gasteiger partial charge < -0.3 is 20.1 Å². The quantitative estimate of drug-likeness (QED) is 0.638. The van der Waals surface area contributed by atoms with E-state index in [-0.39, 0.29) is 5.91 Å². The highest BCUT2D eigenvalue weighted by Crippen LogP contribution is 2.19. The molecule has 7 nitrogen and oxygen atoms in total. The van der Waals surface area contributed by atoms with Gasteiger partial charge in [-0.1, -0.05) is 31.5 Å². The lowest BCUT2D eigenvalue weighted by atomic mass is 10.2. The van der Waals surface area contributed by atoms with E-state index in [0.717, 1.165) is 30.7 Å². The van der Waals surface area contributed by atoms with Gasteiger partial charge in [0, 0.05) is 37.5 Å². The molecule has 0 saturated carbocycles. The van der Waals surface area contributed by atoms with Gasteiger partial charge >= 0.3 is 12.1 Å². The number of hydrogen-bond acceptors (Lipinski definition) is 5. The van der Waals surface area contributed by atoms with E-state index in [9.17, 15) is 18.0 Å². The summed E-state index contributed by atoms with van der Waals surface area (Å²) in [7, 11) is 3.49. The first kappa shape index (κ1) is 25.7. The highest BCUT2D eigenvalue weighted by Gasteiger charge is 2.38. The van der Waals surface area contributed by atoms with Crippen LogP contribution in [-0.2, 0) is 11.3 Å². The lowest BCUT2D eigenvalue weighted by molar-refractivity contribution is -0.192. The Hall–Kier alpha value is -3.30. The molecule has 1 aromatic heterocycles. The third kappa shape index (κ3) is 8.93. The molecule has 0 aliphatic heterocycles. The molecule has 2 N–H and O–H groups in total. The first-order valence-corrected chi connectivity index (χ1v) is 9.47. The number of pyridine rings is 1. The van der Waals surface area contributed by atoms with Crippen molar-refractivity contribution >= 4 is 17.7 Å². The number of aliphatic carboxylic acids is 1. The van der Waals surface area contributed by atoms with Gasteiger partial charge in [0.15, 0.2) is 0 Å². The number of aromatic nitrogens is 1. The molecule has 2 rings (SSSR count). The number of benzene rings is 1. The van der Waals surface area contributed by atoms with E-state index in [0.29, 0.717) is 17.9 Å². The standard InChI is InChI=1S/C19H25N3O2.C2HF3O2/c1-4-5-12-22(2)19(23)15-10-11-20-18(13-15)21-14-16-8-6-7-9-17(16)24-3;3-2(4,5)1(6)7/h6-11,13H,4-5,12,14H2,1-3H3,(H,20,21);(H,6,7). The molecule has 0 unspecified atom stereocenters. The molecule has 0 radical (unpaired) electrons. The van der Waals surface area contributed by atoms with Crippen molar-refractivity contribution in [2.45, 2.75) is 32.5 Å². The number of nitrogens with zero attached hydrogens (tertiary/aromatic N) is 2. The molecule has 1 amide bonds. The largest absolute Gasteiger partial charge is 0.496 e. The van der Waals surface area contributed by atoms with E-state index in [2.05, 4.69) is 17.2 Å². The van der Waals surface area contributed by atoms with Crippen LogP contribution in [0.5, 0.6) is 5.75 Å². The van der Waals surface area contributed by atoms with Crippen LogP contribution >= 0.6 is 0 Å². The second-order valence-corrected chi connectivity index (χ2v) is 6.48. The van der Waals surface area contributed by atoms with Crippen LogP contribution < -0.4 is 10.1 Å². The van der Waals surface area contributed by atoms with Gasteiger partial charge in [0.2, 0.25) is 0 Å². The molecule has 0 spiro atoms. The van der Waals surface area contributed by atoms with Crippen molar-refractivity contribution in [3.05, 3.63) is 53.7 Å². The summed E-state index contributed by atoms with van der Waals surface area (Å²) >= 11 is 0. The Morgan fingerprint density at radius 3 is 2.45 bits per heavy atom. The van der Waals surface area contributed by atoms with Crippen molar-refractivity contribution in [2.24, 2.45) is 0 Å². The number of nitrogens with one attached hydrogen (secondary N) is 1. The summed E-state index contributed by atoms with van der Waals surface area (Å²) < 4.78 is 37.1.